The molecule has 1 rings (SSSR count). The van der Waals surface area contributed by atoms with E-state index in [0.29, 0.717) is 26.1 Å². The van der Waals surface area contributed by atoms with Crippen molar-refractivity contribution >= 4 is 11.8 Å². The van der Waals surface area contributed by atoms with Crippen LogP contribution in [0.5, 0.6) is 0 Å². The molecule has 1 atom stereocenters. The van der Waals surface area contributed by atoms with Crippen molar-refractivity contribution in [2.75, 3.05) is 26.8 Å². The normalized spacial score (nSPS) is 19.2. The van der Waals surface area contributed by atoms with Crippen LogP contribution < -0.4 is 16.4 Å². The third-order valence-corrected chi connectivity index (χ3v) is 5.03. The van der Waals surface area contributed by atoms with E-state index in [2.05, 4.69) is 24.5 Å². The Morgan fingerprint density at radius 1 is 1.23 bits per heavy atom. The fraction of sp³-hybridized carbons (Fsp3) is 0.895. The van der Waals surface area contributed by atoms with Crippen molar-refractivity contribution in [3.8, 4) is 0 Å². The van der Waals surface area contributed by atoms with Gasteiger partial charge in [0.25, 0.3) is 0 Å². The molecule has 0 saturated carbocycles. The molecule has 7 nitrogen and oxygen atoms in total. The molecule has 1 fully saturated rings. The number of methoxy groups -OCH3 is 1. The van der Waals surface area contributed by atoms with Gasteiger partial charge in [0, 0.05) is 26.6 Å². The van der Waals surface area contributed by atoms with Gasteiger partial charge in [-0.25, -0.2) is 0 Å². The quantitative estimate of drug-likeness (QED) is 0.405. The van der Waals surface area contributed by atoms with Gasteiger partial charge in [-0.3, -0.25) is 20.6 Å². The number of nitrogens with two attached hydrogens (primary N) is 1. The lowest BCUT2D eigenvalue weighted by Crippen LogP contribution is -2.49. The molecule has 2 amide bonds. The number of unbranched alkanes of at least 4 members (excludes halogenated alkanes) is 3. The Hall–Kier alpha value is -1.18. The first kappa shape index (κ1) is 22.9. The summed E-state index contributed by atoms with van der Waals surface area (Å²) >= 11 is 0. The van der Waals surface area contributed by atoms with Crippen molar-refractivity contribution in [3.05, 3.63) is 0 Å². The minimum atomic E-state index is -0.497. The monoisotopic (exact) mass is 370 g/mol. The van der Waals surface area contributed by atoms with E-state index in [-0.39, 0.29) is 11.8 Å². The predicted molar refractivity (Wildman–Crippen MR) is 103 cm³/mol. The lowest BCUT2D eigenvalue weighted by atomic mass is 9.87. The highest BCUT2D eigenvalue weighted by Gasteiger charge is 2.48. The second kappa shape index (κ2) is 12.3. The van der Waals surface area contributed by atoms with Crippen LogP contribution in [0, 0.1) is 0 Å². The summed E-state index contributed by atoms with van der Waals surface area (Å²) in [7, 11) is 1.61. The highest BCUT2D eigenvalue weighted by molar-refractivity contribution is 5.88. The number of ether oxygens (including phenoxy) is 1. The van der Waals surface area contributed by atoms with Gasteiger partial charge in [-0.1, -0.05) is 39.5 Å². The predicted octanol–water partition coefficient (Wildman–Crippen LogP) is 1.71. The van der Waals surface area contributed by atoms with Gasteiger partial charge < -0.3 is 15.0 Å². The zero-order chi connectivity index (χ0) is 19.4. The van der Waals surface area contributed by atoms with Crippen molar-refractivity contribution in [3.63, 3.8) is 0 Å². The second-order valence-electron chi connectivity index (χ2n) is 7.18. The molecule has 1 aliphatic rings. The van der Waals surface area contributed by atoms with E-state index < -0.39 is 11.8 Å². The van der Waals surface area contributed by atoms with Gasteiger partial charge in [-0.05, 0) is 25.7 Å². The summed E-state index contributed by atoms with van der Waals surface area (Å²) in [5.74, 6) is 0.161. The van der Waals surface area contributed by atoms with Crippen LogP contribution in [0.4, 0.5) is 0 Å². The van der Waals surface area contributed by atoms with Crippen LogP contribution >= 0.6 is 0 Å². The van der Waals surface area contributed by atoms with E-state index in [1.807, 2.05) is 0 Å². The molecule has 0 spiro atoms. The topological polar surface area (TPSA) is 96.7 Å². The first-order valence-electron chi connectivity index (χ1n) is 10.1. The van der Waals surface area contributed by atoms with Crippen molar-refractivity contribution in [2.24, 2.45) is 5.73 Å². The summed E-state index contributed by atoms with van der Waals surface area (Å²) in [5.41, 5.74) is 5.72. The minimum Gasteiger partial charge on any atom is -0.383 e. The van der Waals surface area contributed by atoms with Crippen LogP contribution in [0.2, 0.25) is 0 Å². The lowest BCUT2D eigenvalue weighted by Gasteiger charge is -2.27. The van der Waals surface area contributed by atoms with Gasteiger partial charge in [-0.15, -0.1) is 0 Å². The van der Waals surface area contributed by atoms with Crippen molar-refractivity contribution < 1.29 is 14.3 Å². The van der Waals surface area contributed by atoms with Crippen molar-refractivity contribution in [1.29, 1.82) is 0 Å². The van der Waals surface area contributed by atoms with E-state index in [9.17, 15) is 9.59 Å². The fourth-order valence-electron chi connectivity index (χ4n) is 3.45. The molecule has 1 unspecified atom stereocenters. The van der Waals surface area contributed by atoms with Crippen LogP contribution in [0.1, 0.15) is 71.6 Å². The largest absolute Gasteiger partial charge is 0.383 e. The zero-order valence-electron chi connectivity index (χ0n) is 16.8. The molecule has 0 radical (unpaired) electrons. The zero-order valence-corrected chi connectivity index (χ0v) is 16.8. The number of carbonyl (C=O) groups is 2. The van der Waals surface area contributed by atoms with Gasteiger partial charge in [0.1, 0.15) is 11.8 Å². The summed E-state index contributed by atoms with van der Waals surface area (Å²) in [4.78, 5) is 26.5. The van der Waals surface area contributed by atoms with E-state index in [0.717, 1.165) is 51.4 Å². The SMILES string of the molecule is CCCCC1(CCCC)NC(N)N(CCCCC(=O)NCCOC)C1=O. The highest BCUT2D eigenvalue weighted by Crippen LogP contribution is 2.30. The maximum atomic E-state index is 13.0. The number of amides is 2. The Balaban J connectivity index is 2.46. The van der Waals surface area contributed by atoms with Crippen LogP contribution in [-0.2, 0) is 14.3 Å². The molecular formula is C19H38N4O3. The first-order chi connectivity index (χ1) is 12.5. The molecule has 152 valence electrons. The summed E-state index contributed by atoms with van der Waals surface area (Å²) in [5, 5.41) is 6.19. The van der Waals surface area contributed by atoms with Gasteiger partial charge in [-0.2, -0.15) is 0 Å². The lowest BCUT2D eigenvalue weighted by molar-refractivity contribution is -0.133. The maximum Gasteiger partial charge on any atom is 0.245 e. The number of hydrogen-bond acceptors (Lipinski definition) is 5. The van der Waals surface area contributed by atoms with Crippen LogP contribution in [0.3, 0.4) is 0 Å². The Bertz CT molecular complexity index is 423. The van der Waals surface area contributed by atoms with E-state index in [1.165, 1.54) is 0 Å². The van der Waals surface area contributed by atoms with E-state index in [1.54, 1.807) is 12.0 Å². The minimum absolute atomic E-state index is 0.0254. The van der Waals surface area contributed by atoms with Crippen LogP contribution in [0.25, 0.3) is 0 Å². The molecule has 0 aromatic heterocycles. The van der Waals surface area contributed by atoms with Gasteiger partial charge in [0.15, 0.2) is 0 Å². The average Bonchev–Trinajstić information content (AvgIpc) is 2.86. The Morgan fingerprint density at radius 3 is 2.46 bits per heavy atom. The summed E-state index contributed by atoms with van der Waals surface area (Å²) in [6, 6.07) is 0. The molecule has 7 heteroatoms. The Morgan fingerprint density at radius 2 is 1.88 bits per heavy atom. The summed E-state index contributed by atoms with van der Waals surface area (Å²) in [6.45, 7) is 5.93. The van der Waals surface area contributed by atoms with Gasteiger partial charge >= 0.3 is 0 Å². The molecule has 0 aromatic carbocycles. The number of rotatable bonds is 14. The molecule has 1 saturated heterocycles. The fourth-order valence-corrected chi connectivity index (χ4v) is 3.45. The molecule has 26 heavy (non-hydrogen) atoms. The highest BCUT2D eigenvalue weighted by atomic mass is 16.5. The second-order valence-corrected chi connectivity index (χ2v) is 7.18. The Labute approximate surface area is 158 Å². The number of hydrogen-bond donors (Lipinski definition) is 3. The van der Waals surface area contributed by atoms with Gasteiger partial charge in [0.2, 0.25) is 11.8 Å². The molecule has 1 aliphatic heterocycles. The Kier molecular flexibility index (Phi) is 10.8. The smallest absolute Gasteiger partial charge is 0.245 e. The number of nitrogens with one attached hydrogen (secondary N) is 2. The van der Waals surface area contributed by atoms with Crippen molar-refractivity contribution in [1.82, 2.24) is 15.5 Å². The maximum absolute atomic E-state index is 13.0. The molecule has 0 aromatic rings. The standard InChI is InChI=1S/C19H38N4O3/c1-4-6-11-19(12-7-5-2)17(25)23(18(20)22-19)14-9-8-10-16(24)21-13-15-26-3/h18,22H,4-15,20H2,1-3H3,(H,21,24). The molecule has 0 aliphatic carbocycles. The third-order valence-electron chi connectivity index (χ3n) is 5.03. The molecular weight excluding hydrogens is 332 g/mol. The molecule has 1 heterocycles. The average molecular weight is 371 g/mol. The first-order valence-corrected chi connectivity index (χ1v) is 10.1. The van der Waals surface area contributed by atoms with Crippen molar-refractivity contribution in [2.45, 2.75) is 83.5 Å². The molecule has 4 N–H and O–H groups in total. The van der Waals surface area contributed by atoms with Gasteiger partial charge in [0.05, 0.1) is 6.61 Å². The van der Waals surface area contributed by atoms with E-state index >= 15 is 0 Å². The summed E-state index contributed by atoms with van der Waals surface area (Å²) in [6.07, 6.45) is 7.41. The number of nitrogens with zero attached hydrogens (tertiary/aromatic N) is 1. The van der Waals surface area contributed by atoms with Crippen LogP contribution in [0.15, 0.2) is 0 Å². The molecule has 0 bridgehead atoms. The van der Waals surface area contributed by atoms with Crippen LogP contribution in [-0.4, -0.2) is 55.3 Å². The van der Waals surface area contributed by atoms with E-state index in [4.69, 9.17) is 10.5 Å². The number of carbonyl (C=O) groups excluding carboxylic acids is 2. The summed E-state index contributed by atoms with van der Waals surface area (Å²) < 4.78 is 4.90. The third kappa shape index (κ3) is 6.85.